The Balaban J connectivity index is 2.49. The highest BCUT2D eigenvalue weighted by atomic mass is 16.2. The summed E-state index contributed by atoms with van der Waals surface area (Å²) in [5.74, 6) is -0.0809. The van der Waals surface area contributed by atoms with Crippen LogP contribution in [0.1, 0.15) is 30.5 Å². The van der Waals surface area contributed by atoms with Crippen molar-refractivity contribution in [3.05, 3.63) is 34.9 Å². The largest absolute Gasteiger partial charge is 0.349 e. The van der Waals surface area contributed by atoms with Gasteiger partial charge in [-0.2, -0.15) is 0 Å². The second-order valence-corrected chi connectivity index (χ2v) is 4.99. The fraction of sp³-hybridized carbons (Fsp3) is 0.467. The molecule has 0 aromatic heterocycles. The van der Waals surface area contributed by atoms with E-state index in [0.29, 0.717) is 6.42 Å². The Morgan fingerprint density at radius 2 is 1.83 bits per heavy atom. The van der Waals surface area contributed by atoms with Crippen molar-refractivity contribution in [2.45, 2.75) is 34.1 Å². The zero-order valence-electron chi connectivity index (χ0n) is 11.5. The lowest BCUT2D eigenvalue weighted by Gasteiger charge is -2.08. The van der Waals surface area contributed by atoms with E-state index in [-0.39, 0.29) is 24.2 Å². The first kappa shape index (κ1) is 14.4. The van der Waals surface area contributed by atoms with Crippen LogP contribution in [0.4, 0.5) is 0 Å². The van der Waals surface area contributed by atoms with E-state index in [1.54, 1.807) is 0 Å². The number of aryl methyl sites for hydroxylation is 2. The maximum absolute atomic E-state index is 11.7. The second kappa shape index (κ2) is 6.34. The van der Waals surface area contributed by atoms with Crippen molar-refractivity contribution in [2.24, 2.45) is 5.92 Å². The molecule has 0 saturated carbocycles. The van der Waals surface area contributed by atoms with Gasteiger partial charge in [-0.15, -0.1) is 0 Å². The summed E-state index contributed by atoms with van der Waals surface area (Å²) in [5, 5.41) is 2.66. The van der Waals surface area contributed by atoms with Crippen molar-refractivity contribution in [3.63, 3.8) is 0 Å². The standard InChI is InChI=1S/C15H21NO2/c1-10(2)14(17)9-16-15(18)8-13-6-5-11(3)12(4)7-13/h5-7,10H,8-9H2,1-4H3,(H,16,18). The maximum Gasteiger partial charge on any atom is 0.224 e. The van der Waals surface area contributed by atoms with E-state index in [1.165, 1.54) is 11.1 Å². The molecule has 0 atom stereocenters. The molecule has 0 aliphatic heterocycles. The Labute approximate surface area is 109 Å². The number of carbonyl (C=O) groups excluding carboxylic acids is 2. The number of benzene rings is 1. The molecule has 3 nitrogen and oxygen atoms in total. The summed E-state index contributed by atoms with van der Waals surface area (Å²) in [6.07, 6.45) is 0.326. The lowest BCUT2D eigenvalue weighted by molar-refractivity contribution is -0.126. The van der Waals surface area contributed by atoms with Crippen LogP contribution in [0.2, 0.25) is 0 Å². The number of hydrogen-bond donors (Lipinski definition) is 1. The van der Waals surface area contributed by atoms with E-state index in [1.807, 2.05) is 45.9 Å². The average Bonchev–Trinajstić information content (AvgIpc) is 2.30. The zero-order valence-corrected chi connectivity index (χ0v) is 11.5. The van der Waals surface area contributed by atoms with Gasteiger partial charge in [0, 0.05) is 5.92 Å². The van der Waals surface area contributed by atoms with Gasteiger partial charge >= 0.3 is 0 Å². The molecule has 1 aromatic carbocycles. The molecule has 1 aromatic rings. The van der Waals surface area contributed by atoms with E-state index >= 15 is 0 Å². The Hall–Kier alpha value is -1.64. The highest BCUT2D eigenvalue weighted by molar-refractivity contribution is 5.87. The monoisotopic (exact) mass is 247 g/mol. The van der Waals surface area contributed by atoms with Crippen LogP contribution in [0.25, 0.3) is 0 Å². The molecule has 0 unspecified atom stereocenters. The van der Waals surface area contributed by atoms with Crippen molar-refractivity contribution in [3.8, 4) is 0 Å². The van der Waals surface area contributed by atoms with Gasteiger partial charge in [0.15, 0.2) is 5.78 Å². The number of rotatable bonds is 5. The molecule has 0 heterocycles. The minimum Gasteiger partial charge on any atom is -0.349 e. The Morgan fingerprint density at radius 1 is 1.17 bits per heavy atom. The summed E-state index contributed by atoms with van der Waals surface area (Å²) in [5.41, 5.74) is 3.38. The van der Waals surface area contributed by atoms with Gasteiger partial charge in [-0.05, 0) is 30.5 Å². The number of Topliss-reactive ketones (excluding diaryl/α,β-unsaturated/α-hetero) is 1. The minimum atomic E-state index is -0.104. The van der Waals surface area contributed by atoms with Gasteiger partial charge in [0.2, 0.25) is 5.91 Å². The third-order valence-electron chi connectivity index (χ3n) is 3.04. The van der Waals surface area contributed by atoms with Gasteiger partial charge in [-0.1, -0.05) is 32.0 Å². The van der Waals surface area contributed by atoms with Crippen LogP contribution in [0.5, 0.6) is 0 Å². The third kappa shape index (κ3) is 4.32. The van der Waals surface area contributed by atoms with Crippen LogP contribution in [0.3, 0.4) is 0 Å². The molecule has 0 aliphatic rings. The highest BCUT2D eigenvalue weighted by Gasteiger charge is 2.09. The smallest absolute Gasteiger partial charge is 0.224 e. The normalized spacial score (nSPS) is 10.5. The second-order valence-electron chi connectivity index (χ2n) is 4.99. The number of nitrogens with one attached hydrogen (secondary N) is 1. The Kier molecular flexibility index (Phi) is 5.08. The molecule has 0 spiro atoms. The Bertz CT molecular complexity index is 450. The van der Waals surface area contributed by atoms with Crippen molar-refractivity contribution >= 4 is 11.7 Å². The number of ketones is 1. The molecule has 3 heteroatoms. The van der Waals surface area contributed by atoms with E-state index in [4.69, 9.17) is 0 Å². The SMILES string of the molecule is Cc1ccc(CC(=O)NCC(=O)C(C)C)cc1C. The van der Waals surface area contributed by atoms with Gasteiger partial charge in [0.1, 0.15) is 0 Å². The van der Waals surface area contributed by atoms with Gasteiger partial charge in [0.25, 0.3) is 0 Å². The van der Waals surface area contributed by atoms with Crippen LogP contribution in [-0.2, 0) is 16.0 Å². The molecule has 98 valence electrons. The van der Waals surface area contributed by atoms with Crippen LogP contribution in [0, 0.1) is 19.8 Å². The summed E-state index contributed by atoms with van der Waals surface area (Å²) in [4.78, 5) is 23.1. The fourth-order valence-corrected chi connectivity index (χ4v) is 1.55. The predicted molar refractivity (Wildman–Crippen MR) is 72.5 cm³/mol. The molecule has 0 fully saturated rings. The topological polar surface area (TPSA) is 46.2 Å². The van der Waals surface area contributed by atoms with Crippen molar-refractivity contribution in [1.82, 2.24) is 5.32 Å². The Morgan fingerprint density at radius 3 is 2.39 bits per heavy atom. The predicted octanol–water partition coefficient (Wildman–Crippen LogP) is 2.19. The molecule has 18 heavy (non-hydrogen) atoms. The molecule has 1 amide bonds. The summed E-state index contributed by atoms with van der Waals surface area (Å²) in [6, 6.07) is 5.97. The lowest BCUT2D eigenvalue weighted by Crippen LogP contribution is -2.32. The molecule has 0 aliphatic carbocycles. The van der Waals surface area contributed by atoms with Crippen LogP contribution < -0.4 is 5.32 Å². The minimum absolute atomic E-state index is 0.0353. The van der Waals surface area contributed by atoms with E-state index in [9.17, 15) is 9.59 Å². The number of hydrogen-bond acceptors (Lipinski definition) is 2. The molecular formula is C15H21NO2. The molecule has 0 saturated heterocycles. The first-order valence-electron chi connectivity index (χ1n) is 6.25. The third-order valence-corrected chi connectivity index (χ3v) is 3.04. The number of amides is 1. The fourth-order valence-electron chi connectivity index (χ4n) is 1.55. The van der Waals surface area contributed by atoms with Crippen molar-refractivity contribution in [1.29, 1.82) is 0 Å². The van der Waals surface area contributed by atoms with Crippen LogP contribution in [0.15, 0.2) is 18.2 Å². The summed E-state index contributed by atoms with van der Waals surface area (Å²) < 4.78 is 0. The lowest BCUT2D eigenvalue weighted by atomic mass is 10.0. The molecule has 0 bridgehead atoms. The maximum atomic E-state index is 11.7. The summed E-state index contributed by atoms with van der Waals surface area (Å²) >= 11 is 0. The van der Waals surface area contributed by atoms with E-state index in [2.05, 4.69) is 5.32 Å². The van der Waals surface area contributed by atoms with Gasteiger partial charge in [-0.3, -0.25) is 9.59 Å². The molecule has 1 N–H and O–H groups in total. The number of carbonyl (C=O) groups is 2. The summed E-state index contributed by atoms with van der Waals surface area (Å²) in [6.45, 7) is 7.86. The van der Waals surface area contributed by atoms with Gasteiger partial charge in [0.05, 0.1) is 13.0 Å². The van der Waals surface area contributed by atoms with Crippen LogP contribution >= 0.6 is 0 Å². The molecular weight excluding hydrogens is 226 g/mol. The molecule has 1 rings (SSSR count). The highest BCUT2D eigenvalue weighted by Crippen LogP contribution is 2.10. The van der Waals surface area contributed by atoms with E-state index in [0.717, 1.165) is 5.56 Å². The average molecular weight is 247 g/mol. The zero-order chi connectivity index (χ0) is 13.7. The van der Waals surface area contributed by atoms with E-state index < -0.39 is 0 Å². The first-order chi connectivity index (χ1) is 8.40. The van der Waals surface area contributed by atoms with Gasteiger partial charge in [-0.25, -0.2) is 0 Å². The molecule has 0 radical (unpaired) electrons. The van der Waals surface area contributed by atoms with Crippen LogP contribution in [-0.4, -0.2) is 18.2 Å². The first-order valence-corrected chi connectivity index (χ1v) is 6.25. The van der Waals surface area contributed by atoms with Crippen molar-refractivity contribution in [2.75, 3.05) is 6.54 Å². The van der Waals surface area contributed by atoms with Gasteiger partial charge < -0.3 is 5.32 Å². The van der Waals surface area contributed by atoms with Crippen molar-refractivity contribution < 1.29 is 9.59 Å². The summed E-state index contributed by atoms with van der Waals surface area (Å²) in [7, 11) is 0. The quantitative estimate of drug-likeness (QED) is 0.867.